The lowest BCUT2D eigenvalue weighted by Gasteiger charge is -2.18. The monoisotopic (exact) mass is 503 g/mol. The smallest absolute Gasteiger partial charge is 0.337 e. The number of nitrogens with one attached hydrogen (secondary N) is 2. The van der Waals surface area contributed by atoms with E-state index in [0.29, 0.717) is 28.2 Å². The number of carbonyl (C=O) groups excluding carboxylic acids is 4. The van der Waals surface area contributed by atoms with Crippen molar-refractivity contribution in [1.29, 1.82) is 0 Å². The molecule has 0 saturated heterocycles. The zero-order valence-corrected chi connectivity index (χ0v) is 20.5. The SMILES string of the molecule is COC(=O)c1ccc(NC(=O)c2cccc(NC3=C(Cl)C(=O)N(c4ccc(C)cc4C)C3=O)c2)cc1. The van der Waals surface area contributed by atoms with Crippen LogP contribution in [-0.4, -0.2) is 30.8 Å². The van der Waals surface area contributed by atoms with Crippen LogP contribution in [0.5, 0.6) is 0 Å². The summed E-state index contributed by atoms with van der Waals surface area (Å²) < 4.78 is 4.66. The Labute approximate surface area is 212 Å². The van der Waals surface area contributed by atoms with Gasteiger partial charge in [0.1, 0.15) is 10.7 Å². The van der Waals surface area contributed by atoms with Gasteiger partial charge in [0.25, 0.3) is 17.7 Å². The molecule has 9 heteroatoms. The van der Waals surface area contributed by atoms with Crippen LogP contribution in [0.25, 0.3) is 0 Å². The highest BCUT2D eigenvalue weighted by Gasteiger charge is 2.39. The summed E-state index contributed by atoms with van der Waals surface area (Å²) in [5.41, 5.74) is 3.70. The molecular weight excluding hydrogens is 482 g/mol. The summed E-state index contributed by atoms with van der Waals surface area (Å²) in [6.07, 6.45) is 0. The number of aryl methyl sites for hydroxylation is 2. The minimum atomic E-state index is -0.625. The fourth-order valence-corrected chi connectivity index (χ4v) is 3.99. The minimum Gasteiger partial charge on any atom is -0.465 e. The molecule has 0 spiro atoms. The third-order valence-electron chi connectivity index (χ3n) is 5.58. The van der Waals surface area contributed by atoms with Crippen molar-refractivity contribution in [2.75, 3.05) is 22.6 Å². The van der Waals surface area contributed by atoms with Crippen molar-refractivity contribution in [3.63, 3.8) is 0 Å². The molecule has 0 bridgehead atoms. The highest BCUT2D eigenvalue weighted by Crippen LogP contribution is 2.32. The number of halogens is 1. The van der Waals surface area contributed by atoms with Gasteiger partial charge in [-0.2, -0.15) is 0 Å². The number of methoxy groups -OCH3 is 1. The van der Waals surface area contributed by atoms with E-state index in [-0.39, 0.29) is 10.7 Å². The number of rotatable bonds is 6. The molecule has 3 aromatic carbocycles. The molecule has 1 aliphatic rings. The lowest BCUT2D eigenvalue weighted by atomic mass is 10.1. The van der Waals surface area contributed by atoms with E-state index in [1.165, 1.54) is 25.3 Å². The van der Waals surface area contributed by atoms with E-state index in [4.69, 9.17) is 11.6 Å². The van der Waals surface area contributed by atoms with Crippen LogP contribution in [0, 0.1) is 13.8 Å². The number of hydrogen-bond donors (Lipinski definition) is 2. The lowest BCUT2D eigenvalue weighted by Crippen LogP contribution is -2.32. The van der Waals surface area contributed by atoms with E-state index in [2.05, 4.69) is 15.4 Å². The van der Waals surface area contributed by atoms with E-state index < -0.39 is 23.7 Å². The topological polar surface area (TPSA) is 105 Å². The Hall–Kier alpha value is -4.43. The normalized spacial score (nSPS) is 13.2. The first kappa shape index (κ1) is 24.7. The third kappa shape index (κ3) is 4.85. The highest BCUT2D eigenvalue weighted by atomic mass is 35.5. The van der Waals surface area contributed by atoms with Gasteiger partial charge < -0.3 is 15.4 Å². The number of esters is 1. The number of hydrogen-bond acceptors (Lipinski definition) is 6. The summed E-state index contributed by atoms with van der Waals surface area (Å²) >= 11 is 6.25. The van der Waals surface area contributed by atoms with Crippen LogP contribution in [0.3, 0.4) is 0 Å². The number of ether oxygens (including phenoxy) is 1. The second kappa shape index (κ2) is 10.1. The fourth-order valence-electron chi connectivity index (χ4n) is 3.78. The van der Waals surface area contributed by atoms with Gasteiger partial charge in [-0.15, -0.1) is 0 Å². The Morgan fingerprint density at radius 2 is 1.58 bits per heavy atom. The molecule has 3 aromatic rings. The Kier molecular flexibility index (Phi) is 6.89. The molecule has 36 heavy (non-hydrogen) atoms. The first-order valence-electron chi connectivity index (χ1n) is 10.9. The van der Waals surface area contributed by atoms with Gasteiger partial charge in [0, 0.05) is 16.9 Å². The standard InChI is InChI=1S/C27H22ClN3O5/c1-15-7-12-21(16(2)13-15)31-25(33)22(28)23(26(31)34)29-20-6-4-5-18(14-20)24(32)30-19-10-8-17(9-11-19)27(35)36-3/h4-14,29H,1-3H3,(H,30,32). The Morgan fingerprint density at radius 1 is 0.861 bits per heavy atom. The largest absolute Gasteiger partial charge is 0.465 e. The minimum absolute atomic E-state index is 0.0717. The van der Waals surface area contributed by atoms with Crippen molar-refractivity contribution in [2.45, 2.75) is 13.8 Å². The molecule has 0 unspecified atom stereocenters. The number of anilines is 3. The van der Waals surface area contributed by atoms with Gasteiger partial charge in [-0.05, 0) is 67.9 Å². The zero-order valence-electron chi connectivity index (χ0n) is 19.7. The van der Waals surface area contributed by atoms with Crippen molar-refractivity contribution in [3.8, 4) is 0 Å². The Balaban J connectivity index is 1.51. The summed E-state index contributed by atoms with van der Waals surface area (Å²) in [5.74, 6) is -2.09. The van der Waals surface area contributed by atoms with Gasteiger partial charge in [0.15, 0.2) is 0 Å². The fraction of sp³-hybridized carbons (Fsp3) is 0.111. The van der Waals surface area contributed by atoms with E-state index in [0.717, 1.165) is 16.0 Å². The number of amides is 3. The summed E-state index contributed by atoms with van der Waals surface area (Å²) in [6, 6.07) is 18.1. The molecule has 182 valence electrons. The average molecular weight is 504 g/mol. The highest BCUT2D eigenvalue weighted by molar-refractivity contribution is 6.53. The van der Waals surface area contributed by atoms with E-state index in [1.54, 1.807) is 36.4 Å². The maximum atomic E-state index is 13.1. The molecule has 4 rings (SSSR count). The van der Waals surface area contributed by atoms with Crippen LogP contribution in [0.2, 0.25) is 0 Å². The summed E-state index contributed by atoms with van der Waals surface area (Å²) in [7, 11) is 1.29. The molecule has 0 saturated carbocycles. The molecule has 0 fully saturated rings. The van der Waals surface area contributed by atoms with Gasteiger partial charge >= 0.3 is 5.97 Å². The predicted octanol–water partition coefficient (Wildman–Crippen LogP) is 4.78. The van der Waals surface area contributed by atoms with Crippen molar-refractivity contribution in [1.82, 2.24) is 0 Å². The molecule has 0 aliphatic carbocycles. The van der Waals surface area contributed by atoms with E-state index in [9.17, 15) is 19.2 Å². The van der Waals surface area contributed by atoms with Crippen LogP contribution < -0.4 is 15.5 Å². The van der Waals surface area contributed by atoms with Crippen LogP contribution in [-0.2, 0) is 14.3 Å². The molecule has 0 radical (unpaired) electrons. The molecule has 0 atom stereocenters. The summed E-state index contributed by atoms with van der Waals surface area (Å²) in [5, 5.41) is 5.40. The van der Waals surface area contributed by atoms with E-state index in [1.807, 2.05) is 26.0 Å². The van der Waals surface area contributed by atoms with Gasteiger partial charge in [-0.3, -0.25) is 14.4 Å². The maximum absolute atomic E-state index is 13.1. The number of carbonyl (C=O) groups is 4. The predicted molar refractivity (Wildman–Crippen MR) is 137 cm³/mol. The molecule has 1 aliphatic heterocycles. The van der Waals surface area contributed by atoms with Gasteiger partial charge in [-0.25, -0.2) is 9.69 Å². The average Bonchev–Trinajstić information content (AvgIpc) is 3.07. The first-order valence-corrected chi connectivity index (χ1v) is 11.3. The summed E-state index contributed by atoms with van der Waals surface area (Å²) in [6.45, 7) is 3.73. The maximum Gasteiger partial charge on any atom is 0.337 e. The number of imide groups is 1. The molecule has 1 heterocycles. The van der Waals surface area contributed by atoms with E-state index >= 15 is 0 Å². The van der Waals surface area contributed by atoms with Crippen LogP contribution >= 0.6 is 11.6 Å². The molecule has 0 aromatic heterocycles. The molecule has 8 nitrogen and oxygen atoms in total. The van der Waals surface area contributed by atoms with Crippen molar-refractivity contribution in [2.24, 2.45) is 0 Å². The zero-order chi connectivity index (χ0) is 26.0. The first-order chi connectivity index (χ1) is 17.2. The van der Waals surface area contributed by atoms with Crippen LogP contribution in [0.1, 0.15) is 31.8 Å². The van der Waals surface area contributed by atoms with Gasteiger partial charge in [0.2, 0.25) is 0 Å². The third-order valence-corrected chi connectivity index (χ3v) is 5.93. The number of nitrogens with zero attached hydrogens (tertiary/aromatic N) is 1. The lowest BCUT2D eigenvalue weighted by molar-refractivity contribution is -0.120. The quantitative estimate of drug-likeness (QED) is 0.370. The second-order valence-corrected chi connectivity index (χ2v) is 8.53. The Morgan fingerprint density at radius 3 is 2.25 bits per heavy atom. The van der Waals surface area contributed by atoms with Crippen molar-refractivity contribution >= 4 is 52.4 Å². The van der Waals surface area contributed by atoms with Crippen LogP contribution in [0.4, 0.5) is 17.1 Å². The molecular formula is C27H22ClN3O5. The molecule has 3 amide bonds. The van der Waals surface area contributed by atoms with Gasteiger partial charge in [0.05, 0.1) is 18.4 Å². The number of benzene rings is 3. The van der Waals surface area contributed by atoms with Crippen LogP contribution in [0.15, 0.2) is 77.5 Å². The van der Waals surface area contributed by atoms with Crippen molar-refractivity contribution < 1.29 is 23.9 Å². The second-order valence-electron chi connectivity index (χ2n) is 8.15. The summed E-state index contributed by atoms with van der Waals surface area (Å²) in [4.78, 5) is 51.3. The van der Waals surface area contributed by atoms with Gasteiger partial charge in [-0.1, -0.05) is 35.4 Å². The molecule has 2 N–H and O–H groups in total. The Bertz CT molecular complexity index is 1430. The van der Waals surface area contributed by atoms with Crippen molar-refractivity contribution in [3.05, 3.63) is 99.7 Å².